The van der Waals surface area contributed by atoms with Gasteiger partial charge in [0.2, 0.25) is 10.0 Å². The first-order chi connectivity index (χ1) is 10.6. The summed E-state index contributed by atoms with van der Waals surface area (Å²) in [5.41, 5.74) is 0. The van der Waals surface area contributed by atoms with E-state index in [1.807, 2.05) is 18.2 Å². The topological polar surface area (TPSA) is 84.5 Å². The number of hydrogen-bond donors (Lipinski definition) is 2. The summed E-state index contributed by atoms with van der Waals surface area (Å²) in [5.74, 6) is 0.161. The van der Waals surface area contributed by atoms with Crippen LogP contribution in [0.15, 0.2) is 30.3 Å². The molecule has 7 heteroatoms. The zero-order valence-corrected chi connectivity index (χ0v) is 13.3. The number of ether oxygens (including phenoxy) is 1. The van der Waals surface area contributed by atoms with Gasteiger partial charge < -0.3 is 10.1 Å². The number of sulfonamides is 1. The zero-order chi connectivity index (χ0) is 15.8. The first-order valence-corrected chi connectivity index (χ1v) is 9.15. The number of hydrogen-bond acceptors (Lipinski definition) is 4. The average molecular weight is 326 g/mol. The highest BCUT2D eigenvalue weighted by Gasteiger charge is 2.21. The number of benzene rings is 1. The predicted octanol–water partition coefficient (Wildman–Crippen LogP) is 1.04. The van der Waals surface area contributed by atoms with E-state index < -0.39 is 10.0 Å². The Kier molecular flexibility index (Phi) is 6.21. The molecule has 22 heavy (non-hydrogen) atoms. The van der Waals surface area contributed by atoms with Gasteiger partial charge in [-0.3, -0.25) is 4.79 Å². The fraction of sp³-hybridized carbons (Fsp3) is 0.533. The number of amides is 1. The minimum absolute atomic E-state index is 0.0575. The van der Waals surface area contributed by atoms with Crippen molar-refractivity contribution in [1.82, 2.24) is 10.0 Å². The Bertz CT molecular complexity index is 568. The highest BCUT2D eigenvalue weighted by molar-refractivity contribution is 7.89. The highest BCUT2D eigenvalue weighted by atomic mass is 32.2. The third-order valence-corrected chi connectivity index (χ3v) is 4.94. The zero-order valence-electron chi connectivity index (χ0n) is 12.5. The van der Waals surface area contributed by atoms with E-state index in [1.54, 1.807) is 12.1 Å². The van der Waals surface area contributed by atoms with Crippen LogP contribution in [0.1, 0.15) is 25.7 Å². The van der Waals surface area contributed by atoms with E-state index in [4.69, 9.17) is 4.74 Å². The van der Waals surface area contributed by atoms with Gasteiger partial charge in [0.1, 0.15) is 5.75 Å². The molecular formula is C15H22N2O4S. The standard InChI is InChI=1S/C15H22N2O4S/c18-15(12-21-14-8-2-1-3-9-14)16-10-11-22(19,20)17-13-6-4-5-7-13/h1-3,8-9,13,17H,4-7,10-12H2,(H,16,18). The van der Waals surface area contributed by atoms with Crippen molar-refractivity contribution in [2.75, 3.05) is 18.9 Å². The lowest BCUT2D eigenvalue weighted by atomic mass is 10.3. The van der Waals surface area contributed by atoms with Crippen LogP contribution < -0.4 is 14.8 Å². The Labute approximate surface area is 131 Å². The molecule has 0 unspecified atom stereocenters. The summed E-state index contributed by atoms with van der Waals surface area (Å²) < 4.78 is 31.7. The number of carbonyl (C=O) groups is 1. The highest BCUT2D eigenvalue weighted by Crippen LogP contribution is 2.18. The molecule has 1 fully saturated rings. The molecule has 1 saturated carbocycles. The second kappa shape index (κ2) is 8.14. The average Bonchev–Trinajstić information content (AvgIpc) is 2.98. The molecule has 0 spiro atoms. The van der Waals surface area contributed by atoms with Crippen molar-refractivity contribution in [2.45, 2.75) is 31.7 Å². The van der Waals surface area contributed by atoms with Gasteiger partial charge in [0.15, 0.2) is 6.61 Å². The van der Waals surface area contributed by atoms with Crippen LogP contribution in [0, 0.1) is 0 Å². The van der Waals surface area contributed by atoms with Gasteiger partial charge in [-0.05, 0) is 25.0 Å². The molecular weight excluding hydrogens is 304 g/mol. The van der Waals surface area contributed by atoms with E-state index in [9.17, 15) is 13.2 Å². The molecule has 2 N–H and O–H groups in total. The summed E-state index contributed by atoms with van der Waals surface area (Å²) in [4.78, 5) is 11.6. The van der Waals surface area contributed by atoms with Gasteiger partial charge in [-0.2, -0.15) is 0 Å². The van der Waals surface area contributed by atoms with Gasteiger partial charge in [-0.15, -0.1) is 0 Å². The lowest BCUT2D eigenvalue weighted by Gasteiger charge is -2.13. The van der Waals surface area contributed by atoms with Gasteiger partial charge in [0.05, 0.1) is 5.75 Å². The number of carbonyl (C=O) groups excluding carboxylic acids is 1. The summed E-state index contributed by atoms with van der Waals surface area (Å²) in [7, 11) is -3.33. The van der Waals surface area contributed by atoms with Gasteiger partial charge in [0.25, 0.3) is 5.91 Å². The van der Waals surface area contributed by atoms with E-state index in [-0.39, 0.29) is 30.9 Å². The van der Waals surface area contributed by atoms with Crippen LogP contribution in [0.3, 0.4) is 0 Å². The van der Waals surface area contributed by atoms with Crippen LogP contribution in [0.5, 0.6) is 5.75 Å². The fourth-order valence-electron chi connectivity index (χ4n) is 2.40. The van der Waals surface area contributed by atoms with Crippen LogP contribution in [0.4, 0.5) is 0 Å². The predicted molar refractivity (Wildman–Crippen MR) is 84.1 cm³/mol. The van der Waals surface area contributed by atoms with Crippen LogP contribution in [-0.4, -0.2) is 39.3 Å². The largest absolute Gasteiger partial charge is 0.484 e. The summed E-state index contributed by atoms with van der Waals surface area (Å²) in [6, 6.07) is 9.05. The Morgan fingerprint density at radius 1 is 1.18 bits per heavy atom. The lowest BCUT2D eigenvalue weighted by Crippen LogP contribution is -2.39. The van der Waals surface area contributed by atoms with E-state index in [2.05, 4.69) is 10.0 Å². The number of para-hydroxylation sites is 1. The van der Waals surface area contributed by atoms with Crippen molar-refractivity contribution in [3.63, 3.8) is 0 Å². The lowest BCUT2D eigenvalue weighted by molar-refractivity contribution is -0.122. The second-order valence-electron chi connectivity index (χ2n) is 5.37. The molecule has 0 aliphatic heterocycles. The molecule has 1 aliphatic carbocycles. The summed E-state index contributed by atoms with van der Waals surface area (Å²) in [5, 5.41) is 2.55. The molecule has 1 aliphatic rings. The smallest absolute Gasteiger partial charge is 0.257 e. The molecule has 1 aromatic carbocycles. The third kappa shape index (κ3) is 6.03. The minimum Gasteiger partial charge on any atom is -0.484 e. The van der Waals surface area contributed by atoms with E-state index in [0.717, 1.165) is 25.7 Å². The van der Waals surface area contributed by atoms with E-state index >= 15 is 0 Å². The molecule has 0 heterocycles. The normalized spacial score (nSPS) is 15.6. The Hall–Kier alpha value is -1.60. The monoisotopic (exact) mass is 326 g/mol. The molecule has 1 aromatic rings. The van der Waals surface area contributed by atoms with Gasteiger partial charge in [-0.25, -0.2) is 13.1 Å². The first kappa shape index (κ1) is 16.8. The van der Waals surface area contributed by atoms with Crippen LogP contribution in [0.2, 0.25) is 0 Å². The van der Waals surface area contributed by atoms with Crippen molar-refractivity contribution in [1.29, 1.82) is 0 Å². The maximum atomic E-state index is 11.9. The number of nitrogens with one attached hydrogen (secondary N) is 2. The van der Waals surface area contributed by atoms with Gasteiger partial charge >= 0.3 is 0 Å². The first-order valence-electron chi connectivity index (χ1n) is 7.50. The minimum atomic E-state index is -3.33. The van der Waals surface area contributed by atoms with E-state index in [0.29, 0.717) is 5.75 Å². The van der Waals surface area contributed by atoms with Crippen LogP contribution in [0.25, 0.3) is 0 Å². The molecule has 2 rings (SSSR count). The molecule has 0 aromatic heterocycles. The van der Waals surface area contributed by atoms with Crippen LogP contribution >= 0.6 is 0 Å². The van der Waals surface area contributed by atoms with Gasteiger partial charge in [0, 0.05) is 12.6 Å². The third-order valence-electron chi connectivity index (χ3n) is 3.51. The van der Waals surface area contributed by atoms with Crippen molar-refractivity contribution in [3.8, 4) is 5.75 Å². The van der Waals surface area contributed by atoms with Crippen molar-refractivity contribution >= 4 is 15.9 Å². The van der Waals surface area contributed by atoms with Gasteiger partial charge in [-0.1, -0.05) is 31.0 Å². The van der Waals surface area contributed by atoms with E-state index in [1.165, 1.54) is 0 Å². The maximum absolute atomic E-state index is 11.9. The SMILES string of the molecule is O=C(COc1ccccc1)NCCS(=O)(=O)NC1CCCC1. The molecule has 122 valence electrons. The quantitative estimate of drug-likeness (QED) is 0.748. The summed E-state index contributed by atoms with van der Waals surface area (Å²) in [6.45, 7) is -0.0425. The molecule has 1 amide bonds. The second-order valence-corrected chi connectivity index (χ2v) is 7.24. The summed E-state index contributed by atoms with van der Waals surface area (Å²) >= 11 is 0. The van der Waals surface area contributed by atoms with Crippen LogP contribution in [-0.2, 0) is 14.8 Å². The Morgan fingerprint density at radius 2 is 1.86 bits per heavy atom. The fourth-order valence-corrected chi connectivity index (χ4v) is 3.63. The van der Waals surface area contributed by atoms with Crippen molar-refractivity contribution in [3.05, 3.63) is 30.3 Å². The molecule has 0 atom stereocenters. The number of rotatable bonds is 8. The van der Waals surface area contributed by atoms with Crippen molar-refractivity contribution < 1.29 is 17.9 Å². The summed E-state index contributed by atoms with van der Waals surface area (Å²) in [6.07, 6.45) is 3.94. The van der Waals surface area contributed by atoms with Crippen molar-refractivity contribution in [2.24, 2.45) is 0 Å². The molecule has 0 radical (unpaired) electrons. The maximum Gasteiger partial charge on any atom is 0.257 e. The Balaban J connectivity index is 1.63. The molecule has 6 nitrogen and oxygen atoms in total. The Morgan fingerprint density at radius 3 is 2.55 bits per heavy atom. The molecule has 0 saturated heterocycles. The molecule has 0 bridgehead atoms.